The molecular weight excluding hydrogens is 444 g/mol. The number of carbonyl (C=O) groups is 1. The van der Waals surface area contributed by atoms with Gasteiger partial charge >= 0.3 is 0 Å². The summed E-state index contributed by atoms with van der Waals surface area (Å²) in [6.45, 7) is 2.88. The molecule has 6 rings (SSSR count). The fourth-order valence-corrected chi connectivity index (χ4v) is 5.21. The second-order valence-electron chi connectivity index (χ2n) is 9.52. The highest BCUT2D eigenvalue weighted by molar-refractivity contribution is 5.84. The van der Waals surface area contributed by atoms with Crippen LogP contribution in [0.5, 0.6) is 0 Å². The SMILES string of the molecule is Nc1ccc2c(c1)CCN(Cc1ccc(-c3nc4c(cc3-c3ccccc3)C(C=O)NC=C4)cc1)C2. The first-order valence-corrected chi connectivity index (χ1v) is 12.3. The van der Waals surface area contributed by atoms with Gasteiger partial charge in [-0.3, -0.25) is 4.90 Å². The Bertz CT molecular complexity index is 1440. The fourth-order valence-electron chi connectivity index (χ4n) is 5.21. The van der Waals surface area contributed by atoms with Gasteiger partial charge in [0.1, 0.15) is 12.3 Å². The number of anilines is 1. The van der Waals surface area contributed by atoms with E-state index in [0.29, 0.717) is 0 Å². The molecule has 178 valence electrons. The van der Waals surface area contributed by atoms with Crippen molar-refractivity contribution < 1.29 is 4.79 Å². The summed E-state index contributed by atoms with van der Waals surface area (Å²) < 4.78 is 0. The normalized spacial score (nSPS) is 16.6. The van der Waals surface area contributed by atoms with Gasteiger partial charge in [-0.1, -0.05) is 60.7 Å². The molecule has 2 aliphatic rings. The number of aldehydes is 1. The number of pyridine rings is 1. The predicted molar refractivity (Wildman–Crippen MR) is 145 cm³/mol. The summed E-state index contributed by atoms with van der Waals surface area (Å²) in [6.07, 6.45) is 5.70. The Hall–Kier alpha value is -4.22. The third-order valence-corrected chi connectivity index (χ3v) is 7.11. The maximum Gasteiger partial charge on any atom is 0.146 e. The molecule has 2 aliphatic heterocycles. The highest BCUT2D eigenvalue weighted by Gasteiger charge is 2.21. The highest BCUT2D eigenvalue weighted by Crippen LogP contribution is 2.35. The molecule has 0 bridgehead atoms. The van der Waals surface area contributed by atoms with Crippen molar-refractivity contribution in [1.29, 1.82) is 0 Å². The maximum absolute atomic E-state index is 11.7. The molecule has 0 spiro atoms. The van der Waals surface area contributed by atoms with Crippen molar-refractivity contribution in [3.63, 3.8) is 0 Å². The number of nitrogen functional groups attached to an aromatic ring is 1. The summed E-state index contributed by atoms with van der Waals surface area (Å²) in [7, 11) is 0. The molecule has 3 aromatic carbocycles. The number of aromatic nitrogens is 1. The van der Waals surface area contributed by atoms with Crippen LogP contribution < -0.4 is 11.1 Å². The van der Waals surface area contributed by atoms with Crippen LogP contribution in [0, 0.1) is 0 Å². The summed E-state index contributed by atoms with van der Waals surface area (Å²) in [4.78, 5) is 19.2. The zero-order chi connectivity index (χ0) is 24.5. The Balaban J connectivity index is 1.30. The number of benzene rings is 3. The average molecular weight is 473 g/mol. The standard InChI is InChI=1S/C31H28N4O/c32-26-11-10-25-19-35(15-13-24(25)16-26)18-21-6-8-23(9-7-21)31-27(22-4-2-1-3-5-22)17-28-29(34-31)12-14-33-30(28)20-36/h1-12,14,16-17,20,30,33H,13,15,18-19,32H2. The molecule has 0 radical (unpaired) electrons. The second-order valence-corrected chi connectivity index (χ2v) is 9.52. The molecule has 0 amide bonds. The molecule has 5 heteroatoms. The first-order valence-electron chi connectivity index (χ1n) is 12.3. The Labute approximate surface area is 211 Å². The van der Waals surface area contributed by atoms with Gasteiger partial charge in [0.2, 0.25) is 0 Å². The summed E-state index contributed by atoms with van der Waals surface area (Å²) in [5, 5.41) is 3.12. The lowest BCUT2D eigenvalue weighted by Crippen LogP contribution is -2.30. The summed E-state index contributed by atoms with van der Waals surface area (Å²) >= 11 is 0. The number of nitrogens with zero attached hydrogens (tertiary/aromatic N) is 2. The van der Waals surface area contributed by atoms with Crippen molar-refractivity contribution >= 4 is 18.0 Å². The van der Waals surface area contributed by atoms with Crippen LogP contribution in [0.25, 0.3) is 28.5 Å². The number of hydrogen-bond acceptors (Lipinski definition) is 5. The predicted octanol–water partition coefficient (Wildman–Crippen LogP) is 5.37. The third-order valence-electron chi connectivity index (χ3n) is 7.11. The minimum atomic E-state index is -0.387. The average Bonchev–Trinajstić information content (AvgIpc) is 2.93. The molecule has 3 N–H and O–H groups in total. The van der Waals surface area contributed by atoms with Crippen LogP contribution in [0.2, 0.25) is 0 Å². The fraction of sp³-hybridized carbons (Fsp3) is 0.161. The van der Waals surface area contributed by atoms with Crippen molar-refractivity contribution in [3.8, 4) is 22.4 Å². The Morgan fingerprint density at radius 3 is 2.61 bits per heavy atom. The monoisotopic (exact) mass is 472 g/mol. The summed E-state index contributed by atoms with van der Waals surface area (Å²) in [6, 6.07) is 27.0. The van der Waals surface area contributed by atoms with Crippen LogP contribution in [0.3, 0.4) is 0 Å². The van der Waals surface area contributed by atoms with Crippen molar-refractivity contribution in [2.45, 2.75) is 25.6 Å². The van der Waals surface area contributed by atoms with Crippen LogP contribution in [-0.4, -0.2) is 22.7 Å². The van der Waals surface area contributed by atoms with Crippen molar-refractivity contribution in [2.75, 3.05) is 12.3 Å². The van der Waals surface area contributed by atoms with Gasteiger partial charge in [0.15, 0.2) is 0 Å². The van der Waals surface area contributed by atoms with Crippen LogP contribution in [-0.2, 0) is 24.3 Å². The van der Waals surface area contributed by atoms with Gasteiger partial charge in [-0.15, -0.1) is 0 Å². The maximum atomic E-state index is 11.7. The molecule has 0 saturated carbocycles. The summed E-state index contributed by atoms with van der Waals surface area (Å²) in [5.74, 6) is 0. The molecule has 1 unspecified atom stereocenters. The molecule has 3 heterocycles. The number of carbonyl (C=O) groups excluding carboxylic acids is 1. The minimum Gasteiger partial charge on any atom is -0.399 e. The highest BCUT2D eigenvalue weighted by atomic mass is 16.1. The Morgan fingerprint density at radius 1 is 0.972 bits per heavy atom. The molecule has 4 aromatic rings. The molecule has 5 nitrogen and oxygen atoms in total. The van der Waals surface area contributed by atoms with Gasteiger partial charge < -0.3 is 15.8 Å². The second kappa shape index (κ2) is 9.44. The molecule has 0 aliphatic carbocycles. The lowest BCUT2D eigenvalue weighted by atomic mass is 9.93. The van der Waals surface area contributed by atoms with E-state index in [2.05, 4.69) is 64.8 Å². The van der Waals surface area contributed by atoms with Crippen LogP contribution >= 0.6 is 0 Å². The topological polar surface area (TPSA) is 71.2 Å². The minimum absolute atomic E-state index is 0.387. The smallest absolute Gasteiger partial charge is 0.146 e. The van der Waals surface area contributed by atoms with Gasteiger partial charge in [0, 0.05) is 42.0 Å². The molecule has 36 heavy (non-hydrogen) atoms. The lowest BCUT2D eigenvalue weighted by Gasteiger charge is -2.29. The van der Waals surface area contributed by atoms with E-state index in [0.717, 1.165) is 71.7 Å². The Kier molecular flexibility index (Phi) is 5.84. The van der Waals surface area contributed by atoms with E-state index >= 15 is 0 Å². The van der Waals surface area contributed by atoms with Crippen molar-refractivity contribution in [1.82, 2.24) is 15.2 Å². The molecule has 0 fully saturated rings. The molecular formula is C31H28N4O. The third kappa shape index (κ3) is 4.30. The number of fused-ring (bicyclic) bond motifs is 2. The van der Waals surface area contributed by atoms with Gasteiger partial charge in [-0.25, -0.2) is 4.98 Å². The van der Waals surface area contributed by atoms with Crippen LogP contribution in [0.1, 0.15) is 34.0 Å². The zero-order valence-corrected chi connectivity index (χ0v) is 20.0. The van der Waals surface area contributed by atoms with Crippen LogP contribution in [0.4, 0.5) is 5.69 Å². The molecule has 0 saturated heterocycles. The lowest BCUT2D eigenvalue weighted by molar-refractivity contribution is -0.109. The number of hydrogen-bond donors (Lipinski definition) is 2. The van der Waals surface area contributed by atoms with E-state index in [9.17, 15) is 4.79 Å². The van der Waals surface area contributed by atoms with Gasteiger partial charge in [0.05, 0.1) is 11.4 Å². The first kappa shape index (κ1) is 22.3. The van der Waals surface area contributed by atoms with E-state index in [1.54, 1.807) is 6.20 Å². The van der Waals surface area contributed by atoms with Crippen LogP contribution in [0.15, 0.2) is 85.1 Å². The summed E-state index contributed by atoms with van der Waals surface area (Å²) in [5.41, 5.74) is 16.7. The largest absolute Gasteiger partial charge is 0.399 e. The molecule has 1 aromatic heterocycles. The quantitative estimate of drug-likeness (QED) is 0.302. The zero-order valence-electron chi connectivity index (χ0n) is 20.0. The number of rotatable bonds is 5. The Morgan fingerprint density at radius 2 is 1.81 bits per heavy atom. The van der Waals surface area contributed by atoms with Crippen molar-refractivity contribution in [3.05, 3.63) is 113 Å². The van der Waals surface area contributed by atoms with Gasteiger partial charge in [0.25, 0.3) is 0 Å². The number of nitrogens with two attached hydrogens (primary N) is 1. The van der Waals surface area contributed by atoms with Crippen molar-refractivity contribution in [2.24, 2.45) is 0 Å². The van der Waals surface area contributed by atoms with E-state index in [1.165, 1.54) is 16.7 Å². The van der Waals surface area contributed by atoms with E-state index in [4.69, 9.17) is 10.7 Å². The first-order chi connectivity index (χ1) is 17.7. The van der Waals surface area contributed by atoms with E-state index in [1.807, 2.05) is 30.3 Å². The van der Waals surface area contributed by atoms with Gasteiger partial charge in [-0.05, 0) is 59.1 Å². The number of nitrogens with one attached hydrogen (secondary N) is 1. The van der Waals surface area contributed by atoms with Gasteiger partial charge in [-0.2, -0.15) is 0 Å². The van der Waals surface area contributed by atoms with E-state index < -0.39 is 0 Å². The van der Waals surface area contributed by atoms with E-state index in [-0.39, 0.29) is 6.04 Å². The molecule has 1 atom stereocenters.